The van der Waals surface area contributed by atoms with E-state index in [4.69, 9.17) is 0 Å². The third kappa shape index (κ3) is 5.03. The second kappa shape index (κ2) is 9.65. The number of amides is 1. The lowest BCUT2D eigenvalue weighted by Gasteiger charge is -2.33. The molecule has 33 heavy (non-hydrogen) atoms. The van der Waals surface area contributed by atoms with Crippen molar-refractivity contribution in [1.82, 2.24) is 9.21 Å². The summed E-state index contributed by atoms with van der Waals surface area (Å²) < 4.78 is 27.0. The Bertz CT molecular complexity index is 1290. The highest BCUT2D eigenvalue weighted by Gasteiger charge is 2.34. The number of sulfonamides is 1. The van der Waals surface area contributed by atoms with E-state index in [0.717, 1.165) is 15.3 Å². The van der Waals surface area contributed by atoms with Crippen LogP contribution in [-0.2, 0) is 14.8 Å². The molecule has 1 amide bonds. The molecule has 10 heteroatoms. The highest BCUT2D eigenvalue weighted by molar-refractivity contribution is 7.89. The van der Waals surface area contributed by atoms with E-state index in [2.05, 4.69) is 0 Å². The van der Waals surface area contributed by atoms with Gasteiger partial charge in [-0.25, -0.2) is 8.42 Å². The molecule has 8 nitrogen and oxygen atoms in total. The fourth-order valence-electron chi connectivity index (χ4n) is 3.57. The van der Waals surface area contributed by atoms with Crippen LogP contribution >= 0.6 is 11.3 Å². The first-order valence-electron chi connectivity index (χ1n) is 10.2. The molecule has 0 N–H and O–H groups in total. The Hall–Kier alpha value is -3.34. The number of nitro benzene ring substituents is 1. The second-order valence-electron chi connectivity index (χ2n) is 7.36. The van der Waals surface area contributed by atoms with E-state index in [1.54, 1.807) is 22.3 Å². The van der Waals surface area contributed by atoms with Crippen LogP contribution in [0.2, 0.25) is 0 Å². The molecule has 0 unspecified atom stereocenters. The van der Waals surface area contributed by atoms with Gasteiger partial charge in [-0.2, -0.15) is 4.31 Å². The Labute approximate surface area is 195 Å². The number of thiophene rings is 1. The Morgan fingerprint density at radius 3 is 2.30 bits per heavy atom. The summed E-state index contributed by atoms with van der Waals surface area (Å²) in [5, 5.41) is 11.2. The third-order valence-corrected chi connectivity index (χ3v) is 8.35. The number of nitro groups is 1. The maximum Gasteiger partial charge on any atom is 0.289 e. The fraction of sp³-hybridized carbons (Fsp3) is 0.174. The van der Waals surface area contributed by atoms with E-state index < -0.39 is 20.6 Å². The molecule has 1 aliphatic heterocycles. The van der Waals surface area contributed by atoms with E-state index in [-0.39, 0.29) is 37.0 Å². The number of piperazine rings is 1. The maximum atomic E-state index is 12.9. The van der Waals surface area contributed by atoms with Crippen molar-refractivity contribution in [2.24, 2.45) is 0 Å². The molecule has 0 saturated carbocycles. The van der Waals surface area contributed by atoms with Gasteiger partial charge in [-0.05, 0) is 29.8 Å². The van der Waals surface area contributed by atoms with Crippen LogP contribution in [0.5, 0.6) is 0 Å². The highest BCUT2D eigenvalue weighted by atomic mass is 32.2. The molecular formula is C23H21N3O5S2. The second-order valence-corrected chi connectivity index (χ2v) is 10.4. The molecule has 1 fully saturated rings. The van der Waals surface area contributed by atoms with Gasteiger partial charge in [-0.1, -0.05) is 42.5 Å². The van der Waals surface area contributed by atoms with Gasteiger partial charge in [-0.3, -0.25) is 14.9 Å². The topological polar surface area (TPSA) is 101 Å². The Morgan fingerprint density at radius 1 is 0.939 bits per heavy atom. The minimum Gasteiger partial charge on any atom is -0.337 e. The summed E-state index contributed by atoms with van der Waals surface area (Å²) in [6.07, 6.45) is 3.25. The summed E-state index contributed by atoms with van der Waals surface area (Å²) in [6.45, 7) is 0.571. The minimum atomic E-state index is -4.03. The van der Waals surface area contributed by atoms with Gasteiger partial charge in [-0.15, -0.1) is 11.3 Å². The molecule has 4 rings (SSSR count). The van der Waals surface area contributed by atoms with E-state index in [1.165, 1.54) is 34.6 Å². The Morgan fingerprint density at radius 2 is 1.61 bits per heavy atom. The molecule has 2 heterocycles. The molecule has 1 aromatic heterocycles. The van der Waals surface area contributed by atoms with Crippen LogP contribution in [0.4, 0.5) is 5.69 Å². The molecule has 0 bridgehead atoms. The normalized spacial score (nSPS) is 15.1. The summed E-state index contributed by atoms with van der Waals surface area (Å²) in [6, 6.07) is 19.2. The summed E-state index contributed by atoms with van der Waals surface area (Å²) in [7, 11) is -4.03. The lowest BCUT2D eigenvalue weighted by atomic mass is 10.2. The van der Waals surface area contributed by atoms with E-state index in [0.29, 0.717) is 0 Å². The molecule has 0 radical (unpaired) electrons. The molecule has 0 aliphatic carbocycles. The van der Waals surface area contributed by atoms with Crippen LogP contribution in [0.3, 0.4) is 0 Å². The van der Waals surface area contributed by atoms with Crippen molar-refractivity contribution in [3.05, 3.63) is 87.8 Å². The molecule has 0 spiro atoms. The van der Waals surface area contributed by atoms with Gasteiger partial charge in [0.1, 0.15) is 0 Å². The minimum absolute atomic E-state index is 0.0745. The van der Waals surface area contributed by atoms with Gasteiger partial charge < -0.3 is 4.90 Å². The number of para-hydroxylation sites is 1. The van der Waals surface area contributed by atoms with E-state index >= 15 is 0 Å². The van der Waals surface area contributed by atoms with Gasteiger partial charge in [0, 0.05) is 48.1 Å². The van der Waals surface area contributed by atoms with E-state index in [1.807, 2.05) is 42.5 Å². The van der Waals surface area contributed by atoms with Gasteiger partial charge >= 0.3 is 0 Å². The molecule has 1 saturated heterocycles. The van der Waals surface area contributed by atoms with Crippen molar-refractivity contribution >= 4 is 39.0 Å². The summed E-state index contributed by atoms with van der Waals surface area (Å²) >= 11 is 1.58. The predicted octanol–water partition coefficient (Wildman–Crippen LogP) is 3.87. The molecular weight excluding hydrogens is 462 g/mol. The SMILES string of the molecule is O=C(/C=C/c1ccc(-c2ccccc2)s1)N1CCN(S(=O)(=O)c2ccccc2[N+](=O)[O-])CC1. The zero-order chi connectivity index (χ0) is 23.4. The summed E-state index contributed by atoms with van der Waals surface area (Å²) in [5.74, 6) is -0.201. The molecule has 170 valence electrons. The Kier molecular flexibility index (Phi) is 6.68. The lowest BCUT2D eigenvalue weighted by molar-refractivity contribution is -0.387. The van der Waals surface area contributed by atoms with Gasteiger partial charge in [0.05, 0.1) is 4.92 Å². The summed E-state index contributed by atoms with van der Waals surface area (Å²) in [4.78, 5) is 26.4. The molecule has 1 aliphatic rings. The van der Waals surface area contributed by atoms with Crippen molar-refractivity contribution < 1.29 is 18.1 Å². The summed E-state index contributed by atoms with van der Waals surface area (Å²) in [5.41, 5.74) is 0.661. The van der Waals surface area contributed by atoms with Crippen LogP contribution in [0, 0.1) is 10.1 Å². The van der Waals surface area contributed by atoms with Crippen molar-refractivity contribution in [2.45, 2.75) is 4.90 Å². The first-order chi connectivity index (χ1) is 15.9. The average molecular weight is 484 g/mol. The zero-order valence-electron chi connectivity index (χ0n) is 17.5. The number of nitrogens with zero attached hydrogens (tertiary/aromatic N) is 3. The largest absolute Gasteiger partial charge is 0.337 e. The standard InChI is InChI=1S/C23H21N3O5S2/c27-23(13-11-19-10-12-21(32-19)18-6-2-1-3-7-18)24-14-16-25(17-15-24)33(30,31)22-9-5-4-8-20(22)26(28)29/h1-13H,14-17H2/b13-11+. The van der Waals surface area contributed by atoms with Gasteiger partial charge in [0.15, 0.2) is 4.90 Å². The number of hydrogen-bond acceptors (Lipinski definition) is 6. The van der Waals surface area contributed by atoms with Crippen LogP contribution in [0.1, 0.15) is 4.88 Å². The van der Waals surface area contributed by atoms with Crippen LogP contribution in [-0.4, -0.2) is 54.6 Å². The number of rotatable bonds is 6. The molecule has 2 aromatic carbocycles. The Balaban J connectivity index is 1.39. The number of carbonyl (C=O) groups is 1. The molecule has 3 aromatic rings. The van der Waals surface area contributed by atoms with Crippen LogP contribution in [0.25, 0.3) is 16.5 Å². The first kappa shape index (κ1) is 22.8. The smallest absolute Gasteiger partial charge is 0.289 e. The quantitative estimate of drug-likeness (QED) is 0.301. The maximum absolute atomic E-state index is 12.9. The monoisotopic (exact) mass is 483 g/mol. The number of carbonyl (C=O) groups excluding carboxylic acids is 1. The highest BCUT2D eigenvalue weighted by Crippen LogP contribution is 2.29. The lowest BCUT2D eigenvalue weighted by Crippen LogP contribution is -2.50. The number of hydrogen-bond donors (Lipinski definition) is 0. The predicted molar refractivity (Wildman–Crippen MR) is 127 cm³/mol. The van der Waals surface area contributed by atoms with Crippen molar-refractivity contribution in [3.8, 4) is 10.4 Å². The number of benzene rings is 2. The van der Waals surface area contributed by atoms with Crippen LogP contribution < -0.4 is 0 Å². The van der Waals surface area contributed by atoms with Gasteiger partial charge in [0.2, 0.25) is 15.9 Å². The average Bonchev–Trinajstić information content (AvgIpc) is 3.32. The van der Waals surface area contributed by atoms with Crippen molar-refractivity contribution in [3.63, 3.8) is 0 Å². The third-order valence-electron chi connectivity index (χ3n) is 5.31. The van der Waals surface area contributed by atoms with E-state index in [9.17, 15) is 23.3 Å². The van der Waals surface area contributed by atoms with Gasteiger partial charge in [0.25, 0.3) is 5.69 Å². The van der Waals surface area contributed by atoms with Crippen molar-refractivity contribution in [1.29, 1.82) is 0 Å². The van der Waals surface area contributed by atoms with Crippen LogP contribution in [0.15, 0.2) is 77.7 Å². The fourth-order valence-corrected chi connectivity index (χ4v) is 6.07. The first-order valence-corrected chi connectivity index (χ1v) is 12.5. The van der Waals surface area contributed by atoms with Crippen molar-refractivity contribution in [2.75, 3.05) is 26.2 Å². The zero-order valence-corrected chi connectivity index (χ0v) is 19.2. The molecule has 0 atom stereocenters.